The highest BCUT2D eigenvalue weighted by Crippen LogP contribution is 2.43. The van der Waals surface area contributed by atoms with Gasteiger partial charge in [-0.3, -0.25) is 0 Å². The van der Waals surface area contributed by atoms with E-state index in [9.17, 15) is 0 Å². The van der Waals surface area contributed by atoms with Gasteiger partial charge in [-0.05, 0) is 67.8 Å². The molecule has 4 aromatic heterocycles. The third-order valence-electron chi connectivity index (χ3n) is 5.04. The van der Waals surface area contributed by atoms with E-state index < -0.39 is 0 Å². The van der Waals surface area contributed by atoms with E-state index in [1.54, 1.807) is 0 Å². The minimum atomic E-state index is 1.19. The third kappa shape index (κ3) is 5.29. The maximum atomic E-state index is 2.33. The van der Waals surface area contributed by atoms with Gasteiger partial charge in [0.25, 0.3) is 0 Å². The van der Waals surface area contributed by atoms with E-state index >= 15 is 0 Å². The first kappa shape index (κ1) is 21.0. The van der Waals surface area contributed by atoms with Gasteiger partial charge in [0.15, 0.2) is 0 Å². The van der Waals surface area contributed by atoms with E-state index in [0.717, 1.165) is 0 Å². The summed E-state index contributed by atoms with van der Waals surface area (Å²) >= 11 is 7.78. The van der Waals surface area contributed by atoms with Gasteiger partial charge < -0.3 is 0 Å². The lowest BCUT2D eigenvalue weighted by molar-refractivity contribution is 0.670. The van der Waals surface area contributed by atoms with Crippen LogP contribution in [0.3, 0.4) is 0 Å². The van der Waals surface area contributed by atoms with Gasteiger partial charge in [0.2, 0.25) is 0 Å². The van der Waals surface area contributed by atoms with Crippen LogP contribution in [0.1, 0.15) is 55.7 Å². The summed E-state index contributed by atoms with van der Waals surface area (Å²) in [6.45, 7) is 4.53. The molecular formula is C25H28S4. The van der Waals surface area contributed by atoms with Crippen molar-refractivity contribution in [1.29, 1.82) is 0 Å². The minimum absolute atomic E-state index is 1.19. The molecule has 0 unspecified atom stereocenters. The SMILES string of the molecule is CCCCCCc1ccc(-c2ccc(-c3ccc(-c4ccc(CCC)s4)s3)s2)s1. The zero-order chi connectivity index (χ0) is 20.1. The average molecular weight is 457 g/mol. The normalized spacial score (nSPS) is 11.4. The van der Waals surface area contributed by atoms with Crippen LogP contribution in [-0.2, 0) is 12.8 Å². The summed E-state index contributed by atoms with van der Waals surface area (Å²) in [7, 11) is 0. The van der Waals surface area contributed by atoms with E-state index in [1.165, 1.54) is 84.0 Å². The summed E-state index contributed by atoms with van der Waals surface area (Å²) in [6.07, 6.45) is 9.00. The molecule has 0 saturated carbocycles. The fourth-order valence-corrected chi connectivity index (χ4v) is 7.91. The third-order valence-corrected chi connectivity index (χ3v) is 10.1. The Morgan fingerprint density at radius 3 is 1.38 bits per heavy atom. The van der Waals surface area contributed by atoms with Crippen molar-refractivity contribution in [2.45, 2.75) is 58.8 Å². The van der Waals surface area contributed by atoms with Crippen LogP contribution in [0.5, 0.6) is 0 Å². The Labute approximate surface area is 190 Å². The molecule has 0 nitrogen and oxygen atoms in total. The molecule has 4 rings (SSSR count). The summed E-state index contributed by atoms with van der Waals surface area (Å²) in [5.41, 5.74) is 0. The average Bonchev–Trinajstić information content (AvgIpc) is 3.51. The predicted molar refractivity (Wildman–Crippen MR) is 136 cm³/mol. The molecule has 4 heteroatoms. The van der Waals surface area contributed by atoms with Crippen LogP contribution in [0.4, 0.5) is 0 Å². The molecule has 0 atom stereocenters. The fraction of sp³-hybridized carbons (Fsp3) is 0.360. The van der Waals surface area contributed by atoms with Crippen LogP contribution in [0, 0.1) is 0 Å². The predicted octanol–water partition coefficient (Wildman–Crippen LogP) is 10.0. The second-order valence-electron chi connectivity index (χ2n) is 7.42. The minimum Gasteiger partial charge on any atom is -0.139 e. The lowest BCUT2D eigenvalue weighted by atomic mass is 10.1. The quantitative estimate of drug-likeness (QED) is 0.208. The molecule has 0 radical (unpaired) electrons. The maximum absolute atomic E-state index is 2.33. The van der Waals surface area contributed by atoms with Crippen LogP contribution < -0.4 is 0 Å². The van der Waals surface area contributed by atoms with Crippen molar-refractivity contribution in [1.82, 2.24) is 0 Å². The van der Waals surface area contributed by atoms with E-state index in [-0.39, 0.29) is 0 Å². The fourth-order valence-electron chi connectivity index (χ4n) is 3.47. The Hall–Kier alpha value is -1.20. The van der Waals surface area contributed by atoms with Gasteiger partial charge >= 0.3 is 0 Å². The van der Waals surface area contributed by atoms with Crippen molar-refractivity contribution in [3.63, 3.8) is 0 Å². The lowest BCUT2D eigenvalue weighted by Gasteiger charge is -1.96. The second-order valence-corrected chi connectivity index (χ2v) is 11.9. The molecule has 0 aliphatic carbocycles. The second kappa shape index (κ2) is 10.2. The van der Waals surface area contributed by atoms with Crippen LogP contribution in [0.25, 0.3) is 29.3 Å². The summed E-state index contributed by atoms with van der Waals surface area (Å²) in [5, 5.41) is 0. The van der Waals surface area contributed by atoms with Crippen molar-refractivity contribution in [2.75, 3.05) is 0 Å². The standard InChI is InChI=1S/C25H28S4/c1-3-5-6-7-9-19-11-13-21(27-19)23-15-17-25(29-23)24-16-14-22(28-24)20-12-10-18(26-20)8-4-2/h10-17H,3-9H2,1-2H3. The molecule has 0 bridgehead atoms. The summed E-state index contributed by atoms with van der Waals surface area (Å²) in [6, 6.07) is 18.4. The number of thiophene rings is 4. The van der Waals surface area contributed by atoms with Gasteiger partial charge in [0, 0.05) is 39.0 Å². The molecule has 4 aromatic rings. The molecule has 0 fully saturated rings. The molecule has 29 heavy (non-hydrogen) atoms. The van der Waals surface area contributed by atoms with Gasteiger partial charge in [-0.25, -0.2) is 0 Å². The van der Waals surface area contributed by atoms with Crippen molar-refractivity contribution in [3.05, 3.63) is 58.3 Å². The highest BCUT2D eigenvalue weighted by Gasteiger charge is 2.11. The summed E-state index contributed by atoms with van der Waals surface area (Å²) < 4.78 is 0. The van der Waals surface area contributed by atoms with Crippen molar-refractivity contribution in [3.8, 4) is 29.3 Å². The van der Waals surface area contributed by atoms with Crippen LogP contribution in [-0.4, -0.2) is 0 Å². The number of rotatable bonds is 10. The van der Waals surface area contributed by atoms with Gasteiger partial charge in [0.05, 0.1) is 0 Å². The maximum Gasteiger partial charge on any atom is 0.0449 e. The zero-order valence-electron chi connectivity index (χ0n) is 17.2. The summed E-state index contributed by atoms with van der Waals surface area (Å²) in [5.74, 6) is 0. The number of hydrogen-bond acceptors (Lipinski definition) is 4. The van der Waals surface area contributed by atoms with Gasteiger partial charge in [0.1, 0.15) is 0 Å². The van der Waals surface area contributed by atoms with Crippen LogP contribution in [0.2, 0.25) is 0 Å². The van der Waals surface area contributed by atoms with Crippen LogP contribution in [0.15, 0.2) is 48.5 Å². The molecule has 0 saturated heterocycles. The van der Waals surface area contributed by atoms with E-state index in [4.69, 9.17) is 0 Å². The zero-order valence-corrected chi connectivity index (χ0v) is 20.5. The molecule has 152 valence electrons. The molecular weight excluding hydrogens is 429 g/mol. The molecule has 0 aliphatic heterocycles. The Morgan fingerprint density at radius 1 is 0.448 bits per heavy atom. The van der Waals surface area contributed by atoms with Crippen molar-refractivity contribution in [2.24, 2.45) is 0 Å². The monoisotopic (exact) mass is 456 g/mol. The van der Waals surface area contributed by atoms with Gasteiger partial charge in [-0.1, -0.05) is 39.5 Å². The molecule has 0 amide bonds. The van der Waals surface area contributed by atoms with Crippen molar-refractivity contribution >= 4 is 45.3 Å². The number of aryl methyl sites for hydroxylation is 2. The van der Waals surface area contributed by atoms with Crippen LogP contribution >= 0.6 is 45.3 Å². The van der Waals surface area contributed by atoms with E-state index in [2.05, 4.69) is 62.4 Å². The highest BCUT2D eigenvalue weighted by atomic mass is 32.1. The topological polar surface area (TPSA) is 0 Å². The molecule has 4 heterocycles. The molecule has 0 aromatic carbocycles. The lowest BCUT2D eigenvalue weighted by Crippen LogP contribution is -1.80. The largest absolute Gasteiger partial charge is 0.139 e. The first-order valence-electron chi connectivity index (χ1n) is 10.6. The van der Waals surface area contributed by atoms with Gasteiger partial charge in [-0.2, -0.15) is 0 Å². The number of hydrogen-bond donors (Lipinski definition) is 0. The molecule has 0 spiro atoms. The van der Waals surface area contributed by atoms with Gasteiger partial charge in [-0.15, -0.1) is 45.3 Å². The Morgan fingerprint density at radius 2 is 0.897 bits per heavy atom. The molecule has 0 aliphatic rings. The Kier molecular flexibility index (Phi) is 7.41. The first-order valence-corrected chi connectivity index (χ1v) is 13.9. The first-order chi connectivity index (χ1) is 14.3. The molecule has 0 N–H and O–H groups in total. The smallest absolute Gasteiger partial charge is 0.0449 e. The van der Waals surface area contributed by atoms with E-state index in [0.29, 0.717) is 0 Å². The number of unbranched alkanes of at least 4 members (excludes halogenated alkanes) is 3. The highest BCUT2D eigenvalue weighted by molar-refractivity contribution is 7.28. The van der Waals surface area contributed by atoms with E-state index in [1.807, 2.05) is 45.3 Å². The summed E-state index contributed by atoms with van der Waals surface area (Å²) in [4.78, 5) is 11.4. The Balaban J connectivity index is 1.44. The Bertz CT molecular complexity index is 1030. The van der Waals surface area contributed by atoms with Crippen molar-refractivity contribution < 1.29 is 0 Å².